The minimum Gasteiger partial charge on any atom is -0.493 e. The Morgan fingerprint density at radius 2 is 1.86 bits per heavy atom. The van der Waals surface area contributed by atoms with Gasteiger partial charge in [0, 0.05) is 6.07 Å². The maximum Gasteiger partial charge on any atom is 0.241 e. The molecule has 0 amide bonds. The first-order chi connectivity index (χ1) is 9.97. The van der Waals surface area contributed by atoms with Gasteiger partial charge in [-0.25, -0.2) is 13.1 Å². The number of benzene rings is 1. The van der Waals surface area contributed by atoms with Gasteiger partial charge in [-0.2, -0.15) is 0 Å². The molecular weight excluding hydrogens is 294 g/mol. The zero-order chi connectivity index (χ0) is 15.5. The second-order valence-electron chi connectivity index (χ2n) is 4.38. The molecule has 1 aromatic heterocycles. The molecule has 1 aromatic carbocycles. The van der Waals surface area contributed by atoms with Crippen LogP contribution in [-0.4, -0.2) is 22.6 Å². The number of hydrogen-bond acceptors (Lipinski definition) is 5. The highest BCUT2D eigenvalue weighted by Crippen LogP contribution is 2.29. The van der Waals surface area contributed by atoms with Crippen LogP contribution in [0.15, 0.2) is 45.9 Å². The number of rotatable bonds is 6. The van der Waals surface area contributed by atoms with E-state index in [4.69, 9.17) is 13.9 Å². The summed E-state index contributed by atoms with van der Waals surface area (Å²) < 4.78 is 42.6. The van der Waals surface area contributed by atoms with E-state index in [1.54, 1.807) is 25.1 Å². The third kappa shape index (κ3) is 3.37. The van der Waals surface area contributed by atoms with E-state index in [1.807, 2.05) is 0 Å². The highest BCUT2D eigenvalue weighted by Gasteiger charge is 2.21. The van der Waals surface area contributed by atoms with Crippen molar-refractivity contribution < 1.29 is 22.3 Å². The van der Waals surface area contributed by atoms with Crippen molar-refractivity contribution in [3.05, 3.63) is 42.4 Å². The second-order valence-corrected chi connectivity index (χ2v) is 6.09. The molecule has 7 heteroatoms. The van der Waals surface area contributed by atoms with Crippen molar-refractivity contribution in [1.82, 2.24) is 4.72 Å². The van der Waals surface area contributed by atoms with Crippen molar-refractivity contribution in [1.29, 1.82) is 0 Å². The molecule has 6 nitrogen and oxygen atoms in total. The summed E-state index contributed by atoms with van der Waals surface area (Å²) in [5.74, 6) is 1.36. The monoisotopic (exact) mass is 311 g/mol. The molecule has 0 aliphatic heterocycles. The maximum atomic E-state index is 12.4. The van der Waals surface area contributed by atoms with E-state index < -0.39 is 16.1 Å². The topological polar surface area (TPSA) is 77.8 Å². The van der Waals surface area contributed by atoms with Gasteiger partial charge in [0.05, 0.1) is 31.4 Å². The summed E-state index contributed by atoms with van der Waals surface area (Å²) in [4.78, 5) is 0.0959. The lowest BCUT2D eigenvalue weighted by Gasteiger charge is -2.14. The summed E-state index contributed by atoms with van der Waals surface area (Å²) in [7, 11) is -0.748. The summed E-state index contributed by atoms with van der Waals surface area (Å²) in [6, 6.07) is 7.36. The molecule has 21 heavy (non-hydrogen) atoms. The molecule has 1 heterocycles. The minimum atomic E-state index is -3.69. The highest BCUT2D eigenvalue weighted by atomic mass is 32.2. The average Bonchev–Trinajstić information content (AvgIpc) is 3.00. The van der Waals surface area contributed by atoms with Crippen LogP contribution in [0.25, 0.3) is 0 Å². The highest BCUT2D eigenvalue weighted by molar-refractivity contribution is 7.89. The van der Waals surface area contributed by atoms with Crippen molar-refractivity contribution in [2.45, 2.75) is 17.9 Å². The second kappa shape index (κ2) is 6.19. The van der Waals surface area contributed by atoms with Gasteiger partial charge in [-0.1, -0.05) is 0 Å². The Kier molecular flexibility index (Phi) is 4.54. The number of furan rings is 1. The molecular formula is C14H17NO5S. The first-order valence-corrected chi connectivity index (χ1v) is 7.74. The third-order valence-corrected chi connectivity index (χ3v) is 4.51. The summed E-state index contributed by atoms with van der Waals surface area (Å²) in [6.45, 7) is 1.71. The molecule has 0 bridgehead atoms. The zero-order valence-electron chi connectivity index (χ0n) is 12.0. The van der Waals surface area contributed by atoms with Crippen LogP contribution in [0.5, 0.6) is 11.5 Å². The van der Waals surface area contributed by atoms with Gasteiger partial charge in [0.25, 0.3) is 0 Å². The molecule has 0 aliphatic rings. The number of sulfonamides is 1. The van der Waals surface area contributed by atoms with Gasteiger partial charge < -0.3 is 13.9 Å². The van der Waals surface area contributed by atoms with Crippen molar-refractivity contribution in [3.63, 3.8) is 0 Å². The quantitative estimate of drug-likeness (QED) is 0.886. The van der Waals surface area contributed by atoms with Crippen LogP contribution in [0.2, 0.25) is 0 Å². The first kappa shape index (κ1) is 15.4. The molecule has 1 N–H and O–H groups in total. The van der Waals surface area contributed by atoms with Gasteiger partial charge in [0.2, 0.25) is 10.0 Å². The predicted molar refractivity (Wildman–Crippen MR) is 77.0 cm³/mol. The fraction of sp³-hybridized carbons (Fsp3) is 0.286. The van der Waals surface area contributed by atoms with Crippen LogP contribution in [-0.2, 0) is 10.0 Å². The van der Waals surface area contributed by atoms with E-state index in [1.165, 1.54) is 32.6 Å². The number of methoxy groups -OCH3 is 2. The van der Waals surface area contributed by atoms with Crippen molar-refractivity contribution in [2.75, 3.05) is 14.2 Å². The number of nitrogens with one attached hydrogen (secondary N) is 1. The van der Waals surface area contributed by atoms with Crippen LogP contribution < -0.4 is 14.2 Å². The van der Waals surface area contributed by atoms with Crippen LogP contribution in [0.4, 0.5) is 0 Å². The Morgan fingerprint density at radius 3 is 2.43 bits per heavy atom. The summed E-state index contributed by atoms with van der Waals surface area (Å²) in [5.41, 5.74) is 0. The molecule has 0 saturated heterocycles. The summed E-state index contributed by atoms with van der Waals surface area (Å²) >= 11 is 0. The van der Waals surface area contributed by atoms with E-state index in [0.29, 0.717) is 17.3 Å². The lowest BCUT2D eigenvalue weighted by atomic mass is 10.3. The minimum absolute atomic E-state index is 0.0959. The van der Waals surface area contributed by atoms with Crippen LogP contribution in [0.3, 0.4) is 0 Å². The molecule has 0 spiro atoms. The Labute approximate surface area is 123 Å². The van der Waals surface area contributed by atoms with Crippen LogP contribution >= 0.6 is 0 Å². The van der Waals surface area contributed by atoms with Crippen molar-refractivity contribution in [3.8, 4) is 11.5 Å². The Balaban J connectivity index is 2.27. The van der Waals surface area contributed by atoms with Gasteiger partial charge in [0.1, 0.15) is 5.76 Å². The Hall–Kier alpha value is -1.99. The van der Waals surface area contributed by atoms with Gasteiger partial charge in [-0.15, -0.1) is 0 Å². The van der Waals surface area contributed by atoms with Crippen molar-refractivity contribution in [2.24, 2.45) is 0 Å². The summed E-state index contributed by atoms with van der Waals surface area (Å²) in [6.07, 6.45) is 1.50. The van der Waals surface area contributed by atoms with Gasteiger partial charge >= 0.3 is 0 Å². The predicted octanol–water partition coefficient (Wildman–Crippen LogP) is 2.34. The standard InChI is InChI=1S/C14H17NO5S/c1-10(12-5-4-8-20-12)15-21(16,17)11-6-7-13(18-2)14(9-11)19-3/h4-10,15H,1-3H3/t10-/m0/s1. The van der Waals surface area contributed by atoms with Gasteiger partial charge in [-0.3, -0.25) is 0 Å². The molecule has 2 aromatic rings. The molecule has 0 fully saturated rings. The molecule has 0 radical (unpaired) electrons. The molecule has 0 aliphatic carbocycles. The van der Waals surface area contributed by atoms with E-state index in [9.17, 15) is 8.42 Å². The normalized spacial score (nSPS) is 12.9. The first-order valence-electron chi connectivity index (χ1n) is 6.25. The van der Waals surface area contributed by atoms with Gasteiger partial charge in [0.15, 0.2) is 11.5 Å². The zero-order valence-corrected chi connectivity index (χ0v) is 12.8. The lowest BCUT2D eigenvalue weighted by molar-refractivity contribution is 0.354. The Morgan fingerprint density at radius 1 is 1.14 bits per heavy atom. The van der Waals surface area contributed by atoms with Crippen LogP contribution in [0.1, 0.15) is 18.7 Å². The molecule has 0 unspecified atom stereocenters. The third-order valence-electron chi connectivity index (χ3n) is 2.97. The lowest BCUT2D eigenvalue weighted by Crippen LogP contribution is -2.26. The van der Waals surface area contributed by atoms with E-state index in [2.05, 4.69) is 4.72 Å². The average molecular weight is 311 g/mol. The fourth-order valence-corrected chi connectivity index (χ4v) is 3.11. The van der Waals surface area contributed by atoms with Gasteiger partial charge in [-0.05, 0) is 31.2 Å². The number of ether oxygens (including phenoxy) is 2. The van der Waals surface area contributed by atoms with Crippen LogP contribution in [0, 0.1) is 0 Å². The maximum absolute atomic E-state index is 12.4. The fourth-order valence-electron chi connectivity index (χ4n) is 1.88. The van der Waals surface area contributed by atoms with E-state index in [-0.39, 0.29) is 4.90 Å². The molecule has 2 rings (SSSR count). The largest absolute Gasteiger partial charge is 0.493 e. The number of hydrogen-bond donors (Lipinski definition) is 1. The van der Waals surface area contributed by atoms with E-state index in [0.717, 1.165) is 0 Å². The summed E-state index contributed by atoms with van der Waals surface area (Å²) in [5, 5.41) is 0. The Bertz CT molecular complexity index is 694. The molecule has 0 saturated carbocycles. The SMILES string of the molecule is COc1ccc(S(=O)(=O)N[C@@H](C)c2ccco2)cc1OC. The van der Waals surface area contributed by atoms with E-state index >= 15 is 0 Å². The smallest absolute Gasteiger partial charge is 0.241 e. The molecule has 114 valence electrons. The molecule has 1 atom stereocenters. The van der Waals surface area contributed by atoms with Crippen molar-refractivity contribution >= 4 is 10.0 Å².